The summed E-state index contributed by atoms with van der Waals surface area (Å²) in [6.45, 7) is 0.667. The number of halogens is 1. The molecule has 2 heterocycles. The van der Waals surface area contributed by atoms with Crippen LogP contribution in [0.4, 0.5) is 4.39 Å². The summed E-state index contributed by atoms with van der Waals surface area (Å²) in [6.07, 6.45) is 3.03. The van der Waals surface area contributed by atoms with Gasteiger partial charge in [-0.1, -0.05) is 0 Å². The summed E-state index contributed by atoms with van der Waals surface area (Å²) in [5.74, 6) is -1.89. The molecule has 0 saturated carbocycles. The number of carbonyl (C=O) groups excluding carboxylic acids is 1. The fourth-order valence-corrected chi connectivity index (χ4v) is 3.70. The molecule has 2 aliphatic rings. The first kappa shape index (κ1) is 15.8. The zero-order valence-corrected chi connectivity index (χ0v) is 13.6. The van der Waals surface area contributed by atoms with Gasteiger partial charge in [-0.05, 0) is 49.9 Å². The molecule has 0 radical (unpaired) electrons. The van der Waals surface area contributed by atoms with Crippen molar-refractivity contribution in [3.8, 4) is 5.69 Å². The second-order valence-electron chi connectivity index (χ2n) is 6.59. The van der Waals surface area contributed by atoms with E-state index in [0.717, 1.165) is 36.2 Å². The second-order valence-corrected chi connectivity index (χ2v) is 6.59. The van der Waals surface area contributed by atoms with Crippen molar-refractivity contribution < 1.29 is 19.1 Å². The highest BCUT2D eigenvalue weighted by atomic mass is 19.1. The van der Waals surface area contributed by atoms with E-state index in [9.17, 15) is 14.0 Å². The first-order chi connectivity index (χ1) is 12.0. The SMILES string of the molecule is O=C(O)C1CCN(C(=O)c2nn(-c3ccc(F)cc3)c3c2CCC3)C1. The number of likely N-dealkylation sites (tertiary alicyclic amines) is 1. The number of fused-ring (bicyclic) bond motifs is 1. The highest BCUT2D eigenvalue weighted by molar-refractivity contribution is 5.95. The number of benzene rings is 1. The Morgan fingerprint density at radius 1 is 1.20 bits per heavy atom. The van der Waals surface area contributed by atoms with E-state index < -0.39 is 11.9 Å². The first-order valence-electron chi connectivity index (χ1n) is 8.43. The molecule has 2 aromatic rings. The monoisotopic (exact) mass is 343 g/mol. The molecule has 0 spiro atoms. The number of hydrogen-bond acceptors (Lipinski definition) is 3. The molecule has 1 aliphatic heterocycles. The summed E-state index contributed by atoms with van der Waals surface area (Å²) in [5, 5.41) is 13.6. The van der Waals surface area contributed by atoms with E-state index in [4.69, 9.17) is 5.11 Å². The number of carboxylic acid groups (broad SMARTS) is 1. The fourth-order valence-electron chi connectivity index (χ4n) is 3.70. The number of nitrogens with zero attached hydrogens (tertiary/aromatic N) is 3. The van der Waals surface area contributed by atoms with Gasteiger partial charge in [-0.15, -0.1) is 0 Å². The van der Waals surface area contributed by atoms with Crippen LogP contribution in [-0.2, 0) is 17.6 Å². The lowest BCUT2D eigenvalue weighted by Crippen LogP contribution is -2.31. The van der Waals surface area contributed by atoms with E-state index in [-0.39, 0.29) is 18.3 Å². The topological polar surface area (TPSA) is 75.4 Å². The maximum absolute atomic E-state index is 13.2. The van der Waals surface area contributed by atoms with Crippen LogP contribution >= 0.6 is 0 Å². The van der Waals surface area contributed by atoms with Crippen LogP contribution in [0.15, 0.2) is 24.3 Å². The van der Waals surface area contributed by atoms with Crippen LogP contribution in [-0.4, -0.2) is 44.8 Å². The van der Waals surface area contributed by atoms with E-state index in [1.807, 2.05) is 0 Å². The van der Waals surface area contributed by atoms with Gasteiger partial charge in [-0.25, -0.2) is 9.07 Å². The molecule has 4 rings (SSSR count). The van der Waals surface area contributed by atoms with Crippen LogP contribution in [0.3, 0.4) is 0 Å². The van der Waals surface area contributed by atoms with Crippen LogP contribution in [0.5, 0.6) is 0 Å². The highest BCUT2D eigenvalue weighted by Crippen LogP contribution is 2.29. The van der Waals surface area contributed by atoms with Crippen molar-refractivity contribution >= 4 is 11.9 Å². The highest BCUT2D eigenvalue weighted by Gasteiger charge is 2.35. The van der Waals surface area contributed by atoms with E-state index in [1.54, 1.807) is 21.7 Å². The number of amides is 1. The Morgan fingerprint density at radius 3 is 2.64 bits per heavy atom. The van der Waals surface area contributed by atoms with Gasteiger partial charge in [0.15, 0.2) is 5.69 Å². The van der Waals surface area contributed by atoms with E-state index in [0.29, 0.717) is 18.7 Å². The number of aromatic nitrogens is 2. The standard InChI is InChI=1S/C18H18FN3O3/c19-12-4-6-13(7-5-12)22-15-3-1-2-14(15)16(20-22)17(23)21-9-8-11(10-21)18(24)25/h4-7,11H,1-3,8-10H2,(H,24,25). The quantitative estimate of drug-likeness (QED) is 0.925. The van der Waals surface area contributed by atoms with E-state index in [2.05, 4.69) is 5.10 Å². The number of aliphatic carboxylic acids is 1. The number of carbonyl (C=O) groups is 2. The molecule has 1 atom stereocenters. The Balaban J connectivity index is 1.67. The molecular formula is C18H18FN3O3. The Labute approximate surface area is 143 Å². The number of hydrogen-bond donors (Lipinski definition) is 1. The minimum Gasteiger partial charge on any atom is -0.481 e. The zero-order chi connectivity index (χ0) is 17.6. The van der Waals surface area contributed by atoms with E-state index in [1.165, 1.54) is 12.1 Å². The summed E-state index contributed by atoms with van der Waals surface area (Å²) in [4.78, 5) is 25.6. The van der Waals surface area contributed by atoms with Crippen molar-refractivity contribution in [3.05, 3.63) is 47.0 Å². The van der Waals surface area contributed by atoms with Crippen LogP contribution in [0.25, 0.3) is 5.69 Å². The van der Waals surface area contributed by atoms with Crippen LogP contribution in [0, 0.1) is 11.7 Å². The third kappa shape index (κ3) is 2.69. The molecule has 0 bridgehead atoms. The molecule has 7 heteroatoms. The molecule has 1 fully saturated rings. The molecule has 1 amide bonds. The average Bonchev–Trinajstić information content (AvgIpc) is 3.31. The predicted octanol–water partition coefficient (Wildman–Crippen LogP) is 2.05. The van der Waals surface area contributed by atoms with Gasteiger partial charge in [0.1, 0.15) is 5.82 Å². The summed E-state index contributed by atoms with van der Waals surface area (Å²) in [5.41, 5.74) is 3.06. The fraction of sp³-hybridized carbons (Fsp3) is 0.389. The van der Waals surface area contributed by atoms with Gasteiger partial charge in [0.05, 0.1) is 11.6 Å². The molecule has 130 valence electrons. The molecule has 1 N–H and O–H groups in total. The van der Waals surface area contributed by atoms with Crippen molar-refractivity contribution in [1.29, 1.82) is 0 Å². The lowest BCUT2D eigenvalue weighted by molar-refractivity contribution is -0.141. The van der Waals surface area contributed by atoms with Gasteiger partial charge in [0, 0.05) is 24.3 Å². The molecule has 1 unspecified atom stereocenters. The molecule has 1 aliphatic carbocycles. The summed E-state index contributed by atoms with van der Waals surface area (Å²) >= 11 is 0. The maximum Gasteiger partial charge on any atom is 0.308 e. The van der Waals surface area contributed by atoms with Crippen LogP contribution in [0.2, 0.25) is 0 Å². The van der Waals surface area contributed by atoms with Crippen LogP contribution < -0.4 is 0 Å². The van der Waals surface area contributed by atoms with Crippen LogP contribution in [0.1, 0.15) is 34.6 Å². The Morgan fingerprint density at radius 2 is 1.96 bits per heavy atom. The third-order valence-electron chi connectivity index (χ3n) is 5.03. The van der Waals surface area contributed by atoms with Crippen molar-refractivity contribution in [1.82, 2.24) is 14.7 Å². The first-order valence-corrected chi connectivity index (χ1v) is 8.43. The number of carboxylic acids is 1. The molecule has 1 saturated heterocycles. The molecule has 1 aromatic heterocycles. The molecular weight excluding hydrogens is 325 g/mol. The Kier molecular flexibility index (Phi) is 3.78. The Bertz CT molecular complexity index is 844. The largest absolute Gasteiger partial charge is 0.481 e. The lowest BCUT2D eigenvalue weighted by atomic mass is 10.1. The molecule has 6 nitrogen and oxygen atoms in total. The molecule has 25 heavy (non-hydrogen) atoms. The average molecular weight is 343 g/mol. The third-order valence-corrected chi connectivity index (χ3v) is 5.03. The summed E-state index contributed by atoms with van der Waals surface area (Å²) in [7, 11) is 0. The minimum absolute atomic E-state index is 0.206. The molecule has 1 aromatic carbocycles. The van der Waals surface area contributed by atoms with Crippen molar-refractivity contribution in [3.63, 3.8) is 0 Å². The predicted molar refractivity (Wildman–Crippen MR) is 87.2 cm³/mol. The lowest BCUT2D eigenvalue weighted by Gasteiger charge is -2.14. The van der Waals surface area contributed by atoms with Gasteiger partial charge in [0.2, 0.25) is 0 Å². The van der Waals surface area contributed by atoms with Crippen molar-refractivity contribution in [2.75, 3.05) is 13.1 Å². The smallest absolute Gasteiger partial charge is 0.308 e. The zero-order valence-electron chi connectivity index (χ0n) is 13.6. The van der Waals surface area contributed by atoms with Gasteiger partial charge in [-0.2, -0.15) is 5.10 Å². The number of rotatable bonds is 3. The van der Waals surface area contributed by atoms with Gasteiger partial charge in [0.25, 0.3) is 5.91 Å². The van der Waals surface area contributed by atoms with Gasteiger partial charge >= 0.3 is 5.97 Å². The van der Waals surface area contributed by atoms with Gasteiger partial charge < -0.3 is 10.0 Å². The summed E-state index contributed by atoms with van der Waals surface area (Å²) in [6, 6.07) is 6.03. The normalized spacial score (nSPS) is 19.2. The summed E-state index contributed by atoms with van der Waals surface area (Å²) < 4.78 is 14.9. The van der Waals surface area contributed by atoms with Gasteiger partial charge in [-0.3, -0.25) is 9.59 Å². The maximum atomic E-state index is 13.2. The second kappa shape index (κ2) is 5.98. The van der Waals surface area contributed by atoms with E-state index >= 15 is 0 Å². The van der Waals surface area contributed by atoms with Crippen molar-refractivity contribution in [2.45, 2.75) is 25.7 Å². The Hall–Kier alpha value is -2.70. The minimum atomic E-state index is -0.864. The van der Waals surface area contributed by atoms with Crippen molar-refractivity contribution in [2.24, 2.45) is 5.92 Å².